The first kappa shape index (κ1) is 22.2. The summed E-state index contributed by atoms with van der Waals surface area (Å²) in [7, 11) is 1.83. The first-order valence-electron chi connectivity index (χ1n) is 12.0. The number of anilines is 3. The summed E-state index contributed by atoms with van der Waals surface area (Å²) in [5.41, 5.74) is 2.10. The van der Waals surface area contributed by atoms with Crippen molar-refractivity contribution in [1.82, 2.24) is 14.9 Å². The number of benzene rings is 1. The molecule has 0 saturated carbocycles. The lowest BCUT2D eigenvalue weighted by molar-refractivity contribution is -0.132. The minimum absolute atomic E-state index is 0.102. The van der Waals surface area contributed by atoms with Crippen molar-refractivity contribution in [3.8, 4) is 0 Å². The van der Waals surface area contributed by atoms with Gasteiger partial charge in [0.15, 0.2) is 5.82 Å². The molecule has 6 rings (SSSR count). The summed E-state index contributed by atoms with van der Waals surface area (Å²) in [6.07, 6.45) is 3.10. The summed E-state index contributed by atoms with van der Waals surface area (Å²) in [4.78, 5) is 29.0. The Balaban J connectivity index is 1.24. The van der Waals surface area contributed by atoms with Gasteiger partial charge in [-0.3, -0.25) is 4.79 Å². The lowest BCUT2D eigenvalue weighted by Crippen LogP contribution is -2.64. The van der Waals surface area contributed by atoms with E-state index in [1.165, 1.54) is 5.69 Å². The maximum absolute atomic E-state index is 12.8. The summed E-state index contributed by atoms with van der Waals surface area (Å²) in [6.45, 7) is 3.50. The number of amides is 1. The number of hydrogen-bond donors (Lipinski definition) is 1. The van der Waals surface area contributed by atoms with Crippen LogP contribution in [0.2, 0.25) is 5.02 Å². The van der Waals surface area contributed by atoms with Gasteiger partial charge in [-0.25, -0.2) is 4.98 Å². The monoisotopic (exact) mass is 500 g/mol. The Bertz CT molecular complexity index is 1100. The van der Waals surface area contributed by atoms with E-state index in [1.807, 2.05) is 19.2 Å². The van der Waals surface area contributed by atoms with E-state index in [0.29, 0.717) is 42.9 Å². The molecule has 1 aromatic carbocycles. The molecule has 5 heterocycles. The van der Waals surface area contributed by atoms with Crippen molar-refractivity contribution < 1.29 is 9.35 Å². The van der Waals surface area contributed by atoms with Gasteiger partial charge in [0.1, 0.15) is 11.4 Å². The Morgan fingerprint density at radius 3 is 2.74 bits per heavy atom. The second-order valence-corrected chi connectivity index (χ2v) is 11.7. The second kappa shape index (κ2) is 8.77. The number of carbonyl (C=O) groups excluding carboxylic acids is 1. The summed E-state index contributed by atoms with van der Waals surface area (Å²) in [6, 6.07) is 8.60. The fourth-order valence-electron chi connectivity index (χ4n) is 5.65. The highest BCUT2D eigenvalue weighted by Crippen LogP contribution is 2.39. The fourth-order valence-corrected chi connectivity index (χ4v) is 7.09. The Morgan fingerprint density at radius 1 is 1.12 bits per heavy atom. The molecule has 0 aliphatic carbocycles. The molecule has 4 aliphatic rings. The Morgan fingerprint density at radius 2 is 1.94 bits per heavy atom. The largest absolute Gasteiger partial charge is 0.611 e. The number of likely N-dealkylation sites (tertiary alicyclic amines) is 1. The SMILES string of the molecule is CN1C[C@@H](Nc2nc(N3CC[C@@H]4CN(c5ccc(Cl)cc5)[C@H]4C3)nc3c2[S+]([O-])CC3)CCC1=O. The Hall–Kier alpha value is -2.23. The summed E-state index contributed by atoms with van der Waals surface area (Å²) in [5.74, 6) is 2.86. The predicted octanol–water partition coefficient (Wildman–Crippen LogP) is 2.54. The molecular weight excluding hydrogens is 472 g/mol. The van der Waals surface area contributed by atoms with Crippen LogP contribution in [-0.4, -0.2) is 76.4 Å². The number of aromatic nitrogens is 2. The first-order chi connectivity index (χ1) is 16.5. The van der Waals surface area contributed by atoms with Gasteiger partial charge in [-0.2, -0.15) is 4.98 Å². The molecule has 1 unspecified atom stereocenters. The van der Waals surface area contributed by atoms with Gasteiger partial charge in [0.25, 0.3) is 0 Å². The van der Waals surface area contributed by atoms with Crippen LogP contribution in [0.1, 0.15) is 25.0 Å². The van der Waals surface area contributed by atoms with Gasteiger partial charge >= 0.3 is 0 Å². The van der Waals surface area contributed by atoms with E-state index in [2.05, 4.69) is 27.2 Å². The summed E-state index contributed by atoms with van der Waals surface area (Å²) < 4.78 is 12.8. The van der Waals surface area contributed by atoms with Crippen molar-refractivity contribution >= 4 is 46.1 Å². The zero-order chi connectivity index (χ0) is 23.4. The fraction of sp³-hybridized carbons (Fsp3) is 0.542. The van der Waals surface area contributed by atoms with Crippen molar-refractivity contribution in [2.45, 2.75) is 42.7 Å². The zero-order valence-corrected chi connectivity index (χ0v) is 20.8. The van der Waals surface area contributed by atoms with Crippen molar-refractivity contribution in [1.29, 1.82) is 0 Å². The molecule has 180 valence electrons. The molecule has 3 fully saturated rings. The minimum Gasteiger partial charge on any atom is -0.611 e. The lowest BCUT2D eigenvalue weighted by Gasteiger charge is -2.54. The van der Waals surface area contributed by atoms with Crippen LogP contribution in [0.15, 0.2) is 29.2 Å². The highest BCUT2D eigenvalue weighted by atomic mass is 35.5. The molecule has 0 spiro atoms. The predicted molar refractivity (Wildman–Crippen MR) is 134 cm³/mol. The lowest BCUT2D eigenvalue weighted by atomic mass is 9.82. The number of hydrogen-bond acceptors (Lipinski definition) is 7. The van der Waals surface area contributed by atoms with Crippen LogP contribution in [0, 0.1) is 5.92 Å². The number of rotatable bonds is 4. The number of aryl methyl sites for hydroxylation is 1. The first-order valence-corrected chi connectivity index (χ1v) is 13.7. The van der Waals surface area contributed by atoms with Gasteiger partial charge < -0.3 is 24.6 Å². The molecule has 10 heteroatoms. The number of halogens is 1. The van der Waals surface area contributed by atoms with E-state index in [1.54, 1.807) is 4.90 Å². The number of likely N-dealkylation sites (N-methyl/N-ethyl adjacent to an activating group) is 1. The quantitative estimate of drug-likeness (QED) is 0.645. The summed E-state index contributed by atoms with van der Waals surface area (Å²) in [5, 5.41) is 4.28. The topological polar surface area (TPSA) is 87.7 Å². The maximum atomic E-state index is 12.8. The normalized spacial score (nSPS) is 28.4. The standard InChI is InChI=1S/C24H29ClN6O2S/c1-29-13-17(4-7-21(29)32)26-23-22-19(9-11-34(22)33)27-24(28-23)30-10-8-15-12-31(20(15)14-30)18-5-2-16(25)3-6-18/h2-3,5-6,15,17,20H,4,7-14H2,1H3,(H,26,27,28)/t15-,17+,20+,34?/m1/s1. The molecule has 4 aliphatic heterocycles. The van der Waals surface area contributed by atoms with Crippen molar-refractivity contribution in [3.05, 3.63) is 35.0 Å². The minimum atomic E-state index is -1.08. The van der Waals surface area contributed by atoms with Crippen LogP contribution in [0.4, 0.5) is 17.5 Å². The highest BCUT2D eigenvalue weighted by molar-refractivity contribution is 7.91. The molecule has 34 heavy (non-hydrogen) atoms. The number of piperidine rings is 2. The van der Waals surface area contributed by atoms with Gasteiger partial charge in [-0.15, -0.1) is 0 Å². The Kier molecular flexibility index (Phi) is 5.74. The molecule has 4 atom stereocenters. The van der Waals surface area contributed by atoms with E-state index in [-0.39, 0.29) is 11.9 Å². The molecule has 3 saturated heterocycles. The molecular formula is C24H29ClN6O2S. The third-order valence-electron chi connectivity index (χ3n) is 7.64. The highest BCUT2D eigenvalue weighted by Gasteiger charge is 2.44. The summed E-state index contributed by atoms with van der Waals surface area (Å²) >= 11 is 5.00. The third kappa shape index (κ3) is 3.97. The van der Waals surface area contributed by atoms with E-state index in [9.17, 15) is 9.35 Å². The van der Waals surface area contributed by atoms with E-state index in [4.69, 9.17) is 21.6 Å². The van der Waals surface area contributed by atoms with Crippen LogP contribution in [0.5, 0.6) is 0 Å². The van der Waals surface area contributed by atoms with Crippen LogP contribution in [-0.2, 0) is 22.4 Å². The molecule has 0 bridgehead atoms. The van der Waals surface area contributed by atoms with Crippen molar-refractivity contribution in [3.63, 3.8) is 0 Å². The average molecular weight is 501 g/mol. The second-order valence-electron chi connectivity index (χ2n) is 9.79. The van der Waals surface area contributed by atoms with Crippen molar-refractivity contribution in [2.24, 2.45) is 5.92 Å². The van der Waals surface area contributed by atoms with E-state index in [0.717, 1.165) is 54.0 Å². The van der Waals surface area contributed by atoms with Crippen molar-refractivity contribution in [2.75, 3.05) is 54.1 Å². The Labute approximate surface area is 207 Å². The molecule has 2 aromatic rings. The maximum Gasteiger partial charge on any atom is 0.227 e. The smallest absolute Gasteiger partial charge is 0.227 e. The van der Waals surface area contributed by atoms with Gasteiger partial charge in [0.05, 0.1) is 6.04 Å². The molecule has 0 radical (unpaired) electrons. The van der Waals surface area contributed by atoms with Gasteiger partial charge in [-0.05, 0) is 48.3 Å². The zero-order valence-electron chi connectivity index (χ0n) is 19.2. The van der Waals surface area contributed by atoms with Crippen LogP contribution in [0.25, 0.3) is 0 Å². The number of nitrogens with zero attached hydrogens (tertiary/aromatic N) is 5. The third-order valence-corrected chi connectivity index (χ3v) is 9.35. The van der Waals surface area contributed by atoms with Crippen LogP contribution in [0.3, 0.4) is 0 Å². The van der Waals surface area contributed by atoms with Crippen LogP contribution < -0.4 is 15.1 Å². The number of carbonyl (C=O) groups is 1. The van der Waals surface area contributed by atoms with E-state index >= 15 is 0 Å². The molecule has 1 aromatic heterocycles. The number of fused-ring (bicyclic) bond motifs is 2. The van der Waals surface area contributed by atoms with Gasteiger partial charge in [0.2, 0.25) is 16.8 Å². The van der Waals surface area contributed by atoms with Gasteiger partial charge in [0, 0.05) is 68.7 Å². The molecule has 8 nitrogen and oxygen atoms in total. The van der Waals surface area contributed by atoms with Crippen LogP contribution >= 0.6 is 11.6 Å². The van der Waals surface area contributed by atoms with Gasteiger partial charge in [-0.1, -0.05) is 11.6 Å². The molecule has 1 N–H and O–H groups in total. The van der Waals surface area contributed by atoms with E-state index < -0.39 is 11.2 Å². The average Bonchev–Trinajstić information content (AvgIpc) is 3.19. The number of nitrogens with one attached hydrogen (secondary N) is 1. The molecule has 1 amide bonds.